The van der Waals surface area contributed by atoms with E-state index in [9.17, 15) is 0 Å². The van der Waals surface area contributed by atoms with E-state index in [4.69, 9.17) is 14.3 Å². The molecule has 0 saturated heterocycles. The lowest BCUT2D eigenvalue weighted by Crippen LogP contribution is -2.39. The fourth-order valence-electron chi connectivity index (χ4n) is 2.77. The topological polar surface area (TPSA) is 71.7 Å². The van der Waals surface area contributed by atoms with E-state index in [2.05, 4.69) is 50.4 Å². The number of nitrogens with zero attached hydrogens (tertiary/aromatic N) is 2. The summed E-state index contributed by atoms with van der Waals surface area (Å²) >= 11 is 0. The van der Waals surface area contributed by atoms with Gasteiger partial charge >= 0.3 is 0 Å². The summed E-state index contributed by atoms with van der Waals surface area (Å²) in [6.07, 6.45) is 2.94. The highest BCUT2D eigenvalue weighted by molar-refractivity contribution is 14.0. The van der Waals surface area contributed by atoms with Crippen molar-refractivity contribution in [2.75, 3.05) is 19.7 Å². The molecule has 0 aliphatic rings. The van der Waals surface area contributed by atoms with Crippen LogP contribution in [0.3, 0.4) is 0 Å². The summed E-state index contributed by atoms with van der Waals surface area (Å²) in [7, 11) is 0. The number of guanidine groups is 1. The molecular formula is C19H37IN4O2. The van der Waals surface area contributed by atoms with E-state index in [1.807, 2.05) is 6.92 Å². The number of hydrogen-bond donors (Lipinski definition) is 2. The minimum atomic E-state index is 0. The predicted octanol–water partition coefficient (Wildman–Crippen LogP) is 3.92. The number of ether oxygens (including phenoxy) is 1. The average Bonchev–Trinajstić information content (AvgIpc) is 3.00. The first-order valence-corrected chi connectivity index (χ1v) is 9.67. The van der Waals surface area contributed by atoms with Crippen molar-refractivity contribution in [3.63, 3.8) is 0 Å². The summed E-state index contributed by atoms with van der Waals surface area (Å²) in [5, 5.41) is 10.9. The maximum atomic E-state index is 5.80. The molecule has 0 bridgehead atoms. The van der Waals surface area contributed by atoms with Crippen molar-refractivity contribution in [2.24, 2.45) is 10.9 Å². The molecule has 0 saturated carbocycles. The summed E-state index contributed by atoms with van der Waals surface area (Å²) in [5.41, 5.74) is 2.13. The highest BCUT2D eigenvalue weighted by Crippen LogP contribution is 2.16. The van der Waals surface area contributed by atoms with Crippen LogP contribution in [0.4, 0.5) is 0 Å². The number of aliphatic imine (C=N–C) groups is 1. The number of nitrogens with one attached hydrogen (secondary N) is 2. The SMILES string of the molecule is CCNC(=NCc1c(CC)noc1CC)NCCC(OCC)C(C)C.I. The van der Waals surface area contributed by atoms with Gasteiger partial charge in [0.25, 0.3) is 0 Å². The van der Waals surface area contributed by atoms with E-state index in [0.717, 1.165) is 61.9 Å². The van der Waals surface area contributed by atoms with Crippen LogP contribution in [0.15, 0.2) is 9.52 Å². The second-order valence-corrected chi connectivity index (χ2v) is 6.39. The Morgan fingerprint density at radius 3 is 2.42 bits per heavy atom. The van der Waals surface area contributed by atoms with Gasteiger partial charge in [0.1, 0.15) is 5.76 Å². The highest BCUT2D eigenvalue weighted by Gasteiger charge is 2.14. The van der Waals surface area contributed by atoms with Gasteiger partial charge in [-0.2, -0.15) is 0 Å². The fraction of sp³-hybridized carbons (Fsp3) is 0.789. The van der Waals surface area contributed by atoms with Crippen molar-refractivity contribution in [1.29, 1.82) is 0 Å². The Morgan fingerprint density at radius 1 is 1.15 bits per heavy atom. The van der Waals surface area contributed by atoms with Gasteiger partial charge in [-0.05, 0) is 32.6 Å². The molecule has 0 fully saturated rings. The summed E-state index contributed by atoms with van der Waals surface area (Å²) in [5.74, 6) is 2.27. The molecule has 152 valence electrons. The lowest BCUT2D eigenvalue weighted by atomic mass is 10.0. The quantitative estimate of drug-likeness (QED) is 0.285. The van der Waals surface area contributed by atoms with Gasteiger partial charge < -0.3 is 19.9 Å². The Bertz CT molecular complexity index is 496. The molecule has 26 heavy (non-hydrogen) atoms. The van der Waals surface area contributed by atoms with Gasteiger partial charge in [0.05, 0.1) is 18.3 Å². The Balaban J connectivity index is 0.00000625. The van der Waals surface area contributed by atoms with Crippen molar-refractivity contribution in [1.82, 2.24) is 15.8 Å². The maximum absolute atomic E-state index is 5.80. The first kappa shape index (κ1) is 25.2. The normalized spacial score (nSPS) is 12.8. The van der Waals surface area contributed by atoms with Crippen LogP contribution in [0.2, 0.25) is 0 Å². The van der Waals surface area contributed by atoms with Crippen molar-refractivity contribution >= 4 is 29.9 Å². The largest absolute Gasteiger partial charge is 0.378 e. The van der Waals surface area contributed by atoms with Crippen LogP contribution in [-0.2, 0) is 24.1 Å². The maximum Gasteiger partial charge on any atom is 0.191 e. The third kappa shape index (κ3) is 8.24. The number of aromatic nitrogens is 1. The number of aryl methyl sites for hydroxylation is 2. The van der Waals surface area contributed by atoms with Crippen molar-refractivity contribution in [3.05, 3.63) is 17.0 Å². The molecule has 0 aromatic carbocycles. The first-order chi connectivity index (χ1) is 12.1. The number of halogens is 1. The second kappa shape index (κ2) is 14.3. The van der Waals surface area contributed by atoms with Gasteiger partial charge in [-0.15, -0.1) is 24.0 Å². The fourth-order valence-corrected chi connectivity index (χ4v) is 2.77. The average molecular weight is 480 g/mol. The monoisotopic (exact) mass is 480 g/mol. The zero-order valence-corrected chi connectivity index (χ0v) is 19.6. The van der Waals surface area contributed by atoms with Gasteiger partial charge in [0.2, 0.25) is 0 Å². The number of rotatable bonds is 11. The third-order valence-corrected chi connectivity index (χ3v) is 4.19. The molecule has 1 aromatic rings. The molecule has 0 amide bonds. The van der Waals surface area contributed by atoms with E-state index in [1.165, 1.54) is 0 Å². The Kier molecular flexibility index (Phi) is 13.8. The number of hydrogen-bond acceptors (Lipinski definition) is 4. The predicted molar refractivity (Wildman–Crippen MR) is 118 cm³/mol. The Hall–Kier alpha value is -0.830. The summed E-state index contributed by atoms with van der Waals surface area (Å²) in [6.45, 7) is 15.7. The van der Waals surface area contributed by atoms with Gasteiger partial charge in [-0.25, -0.2) is 4.99 Å². The molecule has 0 radical (unpaired) electrons. The van der Waals surface area contributed by atoms with Gasteiger partial charge in [-0.3, -0.25) is 0 Å². The summed E-state index contributed by atoms with van der Waals surface area (Å²) in [6, 6.07) is 0. The van der Waals surface area contributed by atoms with Gasteiger partial charge in [0, 0.05) is 31.7 Å². The molecule has 0 spiro atoms. The summed E-state index contributed by atoms with van der Waals surface area (Å²) in [4.78, 5) is 4.71. The second-order valence-electron chi connectivity index (χ2n) is 6.39. The molecular weight excluding hydrogens is 443 g/mol. The van der Waals surface area contributed by atoms with Gasteiger partial charge in [-0.1, -0.05) is 32.9 Å². The van der Waals surface area contributed by atoms with Crippen LogP contribution >= 0.6 is 24.0 Å². The molecule has 1 heterocycles. The van der Waals surface area contributed by atoms with Crippen molar-refractivity contribution in [2.45, 2.75) is 73.5 Å². The molecule has 2 N–H and O–H groups in total. The van der Waals surface area contributed by atoms with Gasteiger partial charge in [0.15, 0.2) is 5.96 Å². The first-order valence-electron chi connectivity index (χ1n) is 9.67. The zero-order valence-electron chi connectivity index (χ0n) is 17.2. The molecule has 1 atom stereocenters. The van der Waals surface area contributed by atoms with Crippen LogP contribution < -0.4 is 10.6 Å². The van der Waals surface area contributed by atoms with Crippen LogP contribution in [0, 0.1) is 5.92 Å². The van der Waals surface area contributed by atoms with E-state index >= 15 is 0 Å². The minimum Gasteiger partial charge on any atom is -0.378 e. The molecule has 7 heteroatoms. The lowest BCUT2D eigenvalue weighted by Gasteiger charge is -2.21. The Morgan fingerprint density at radius 2 is 1.88 bits per heavy atom. The molecule has 0 aliphatic heterocycles. The summed E-state index contributed by atoms with van der Waals surface area (Å²) < 4.78 is 11.2. The van der Waals surface area contributed by atoms with E-state index in [1.54, 1.807) is 0 Å². The Labute approximate surface area is 175 Å². The molecule has 0 aliphatic carbocycles. The molecule has 1 unspecified atom stereocenters. The smallest absolute Gasteiger partial charge is 0.191 e. The minimum absolute atomic E-state index is 0. The van der Waals surface area contributed by atoms with E-state index in [-0.39, 0.29) is 30.1 Å². The van der Waals surface area contributed by atoms with Crippen LogP contribution in [0.1, 0.15) is 65.0 Å². The van der Waals surface area contributed by atoms with Crippen molar-refractivity contribution < 1.29 is 9.26 Å². The van der Waals surface area contributed by atoms with Crippen LogP contribution in [0.5, 0.6) is 0 Å². The van der Waals surface area contributed by atoms with E-state index < -0.39 is 0 Å². The van der Waals surface area contributed by atoms with E-state index in [0.29, 0.717) is 12.5 Å². The lowest BCUT2D eigenvalue weighted by molar-refractivity contribution is 0.0258. The third-order valence-electron chi connectivity index (χ3n) is 4.19. The van der Waals surface area contributed by atoms with Crippen LogP contribution in [-0.4, -0.2) is 36.9 Å². The highest BCUT2D eigenvalue weighted by atomic mass is 127. The molecule has 6 nitrogen and oxygen atoms in total. The molecule has 1 rings (SSSR count). The molecule has 1 aromatic heterocycles. The zero-order chi connectivity index (χ0) is 18.7. The van der Waals surface area contributed by atoms with Crippen molar-refractivity contribution in [3.8, 4) is 0 Å². The van der Waals surface area contributed by atoms with Crippen LogP contribution in [0.25, 0.3) is 0 Å². The standard InChI is InChI=1S/C19H36N4O2.HI/c1-7-16-15(17(8-2)25-23-16)13-22-19(20-9-3)21-12-11-18(14(5)6)24-10-4;/h14,18H,7-13H2,1-6H3,(H2,20,21,22);1H.